The van der Waals surface area contributed by atoms with Crippen LogP contribution in [0.3, 0.4) is 0 Å². The minimum Gasteiger partial charge on any atom is -0.228 e. The van der Waals surface area contributed by atoms with E-state index in [1.807, 2.05) is 17.4 Å². The van der Waals surface area contributed by atoms with E-state index < -0.39 is 0 Å². The van der Waals surface area contributed by atoms with Crippen LogP contribution in [0.1, 0.15) is 25.0 Å². The Hall–Kier alpha value is -7.46. The molecule has 0 saturated carbocycles. The molecule has 2 aromatic heterocycles. The average Bonchev–Trinajstić information content (AvgIpc) is 3.83. The van der Waals surface area contributed by atoms with E-state index in [2.05, 4.69) is 214 Å². The fourth-order valence-corrected chi connectivity index (χ4v) is 11.1. The Morgan fingerprint density at radius 3 is 1.82 bits per heavy atom. The second kappa shape index (κ2) is 14.3. The minimum atomic E-state index is -0.0575. The Kier molecular flexibility index (Phi) is 8.41. The first-order valence-corrected chi connectivity index (χ1v) is 22.1. The second-order valence-corrected chi connectivity index (χ2v) is 18.0. The number of hydrogen-bond donors (Lipinski definition) is 0. The molecule has 62 heavy (non-hydrogen) atoms. The molecule has 0 fully saturated rings. The van der Waals surface area contributed by atoms with Gasteiger partial charge in [-0.3, -0.25) is 0 Å². The predicted molar refractivity (Wildman–Crippen MR) is 263 cm³/mol. The van der Waals surface area contributed by atoms with Gasteiger partial charge in [-0.1, -0.05) is 184 Å². The SMILES string of the molecule is CC1(C)c2ccccc2-c2cc(-c3ccccc3-c3cc(-c4cc(-c5cccc6ccccc56)cc(-c5cccc6c5sc5ccccc56)c4)nc(-c4ccccc4)n3)ccc21. The van der Waals surface area contributed by atoms with Gasteiger partial charge in [-0.15, -0.1) is 11.3 Å². The lowest BCUT2D eigenvalue weighted by Crippen LogP contribution is -2.14. The Morgan fingerprint density at radius 1 is 0.355 bits per heavy atom. The van der Waals surface area contributed by atoms with Crippen molar-refractivity contribution in [2.75, 3.05) is 0 Å². The summed E-state index contributed by atoms with van der Waals surface area (Å²) in [6.45, 7) is 4.67. The molecule has 0 unspecified atom stereocenters. The Labute approximate surface area is 365 Å². The van der Waals surface area contributed by atoms with Gasteiger partial charge in [-0.25, -0.2) is 9.97 Å². The number of aromatic nitrogens is 2. The molecule has 0 amide bonds. The summed E-state index contributed by atoms with van der Waals surface area (Å²) in [6.07, 6.45) is 0. The van der Waals surface area contributed by atoms with Gasteiger partial charge >= 0.3 is 0 Å². The van der Waals surface area contributed by atoms with E-state index in [1.165, 1.54) is 69.9 Å². The van der Waals surface area contributed by atoms with Crippen molar-refractivity contribution in [2.45, 2.75) is 19.3 Å². The largest absolute Gasteiger partial charge is 0.228 e. The molecule has 11 aromatic rings. The van der Waals surface area contributed by atoms with E-state index in [0.717, 1.165) is 44.8 Å². The quantitative estimate of drug-likeness (QED) is 0.167. The molecule has 2 heterocycles. The fraction of sp³-hybridized carbons (Fsp3) is 0.0508. The number of nitrogens with zero attached hydrogens (tertiary/aromatic N) is 2. The van der Waals surface area contributed by atoms with Gasteiger partial charge < -0.3 is 0 Å². The van der Waals surface area contributed by atoms with Gasteiger partial charge in [-0.2, -0.15) is 0 Å². The van der Waals surface area contributed by atoms with Crippen LogP contribution < -0.4 is 0 Å². The summed E-state index contributed by atoms with van der Waals surface area (Å²) < 4.78 is 2.58. The van der Waals surface area contributed by atoms with Gasteiger partial charge in [0, 0.05) is 42.3 Å². The molecule has 3 heteroatoms. The van der Waals surface area contributed by atoms with Crippen LogP contribution >= 0.6 is 11.3 Å². The van der Waals surface area contributed by atoms with E-state index in [-0.39, 0.29) is 5.41 Å². The maximum absolute atomic E-state index is 5.41. The lowest BCUT2D eigenvalue weighted by Gasteiger charge is -2.21. The molecule has 1 aliphatic rings. The smallest absolute Gasteiger partial charge is 0.160 e. The number of fused-ring (bicyclic) bond motifs is 7. The molecule has 0 N–H and O–H groups in total. The van der Waals surface area contributed by atoms with Gasteiger partial charge in [-0.05, 0) is 103 Å². The topological polar surface area (TPSA) is 25.8 Å². The highest BCUT2D eigenvalue weighted by Gasteiger charge is 2.35. The monoisotopic (exact) mass is 808 g/mol. The van der Waals surface area contributed by atoms with Crippen LogP contribution in [0.5, 0.6) is 0 Å². The van der Waals surface area contributed by atoms with Crippen molar-refractivity contribution in [3.63, 3.8) is 0 Å². The van der Waals surface area contributed by atoms with Gasteiger partial charge in [0.1, 0.15) is 0 Å². The zero-order valence-electron chi connectivity index (χ0n) is 34.4. The second-order valence-electron chi connectivity index (χ2n) is 16.9. The number of thiophene rings is 1. The average molecular weight is 809 g/mol. The molecular formula is C59H40N2S. The molecule has 0 bridgehead atoms. The van der Waals surface area contributed by atoms with Crippen LogP contribution in [0.4, 0.5) is 0 Å². The maximum atomic E-state index is 5.41. The highest BCUT2D eigenvalue weighted by molar-refractivity contribution is 7.26. The molecule has 1 aliphatic carbocycles. The standard InChI is InChI=1S/C59H40N2S/c1-59(2)52-28-12-10-22-47(52)51-35-39(30-31-53(51)59)44-21-8-9-23-48(44)55-36-54(60-58(61-55)38-17-4-3-5-18-38)42-33-40(45-25-14-19-37-16-6-7-20-43(37)45)32-41(34-42)46-26-15-27-50-49-24-11-13-29-56(49)62-57(46)50/h3-36H,1-2H3. The van der Waals surface area contributed by atoms with Crippen LogP contribution in [0, 0.1) is 0 Å². The van der Waals surface area contributed by atoms with Crippen LogP contribution in [0.25, 0.3) is 109 Å². The summed E-state index contributed by atoms with van der Waals surface area (Å²) in [7, 11) is 0. The van der Waals surface area contributed by atoms with Crippen molar-refractivity contribution in [2.24, 2.45) is 0 Å². The van der Waals surface area contributed by atoms with E-state index in [1.54, 1.807) is 0 Å². The lowest BCUT2D eigenvalue weighted by atomic mass is 9.82. The molecule has 12 rings (SSSR count). The van der Waals surface area contributed by atoms with Crippen molar-refractivity contribution in [1.82, 2.24) is 9.97 Å². The summed E-state index contributed by atoms with van der Waals surface area (Å²) in [5.41, 5.74) is 17.2. The van der Waals surface area contributed by atoms with Crippen LogP contribution in [0.2, 0.25) is 0 Å². The zero-order chi connectivity index (χ0) is 41.4. The molecular weight excluding hydrogens is 769 g/mol. The Morgan fingerprint density at radius 2 is 0.952 bits per heavy atom. The first-order valence-electron chi connectivity index (χ1n) is 21.3. The van der Waals surface area contributed by atoms with Crippen LogP contribution in [-0.4, -0.2) is 9.97 Å². The van der Waals surface area contributed by atoms with E-state index >= 15 is 0 Å². The lowest BCUT2D eigenvalue weighted by molar-refractivity contribution is 0.660. The first-order chi connectivity index (χ1) is 30.5. The molecule has 0 spiro atoms. The van der Waals surface area contributed by atoms with Crippen molar-refractivity contribution in [1.29, 1.82) is 0 Å². The summed E-state index contributed by atoms with van der Waals surface area (Å²) in [6, 6.07) is 75.0. The molecule has 0 aliphatic heterocycles. The Balaban J connectivity index is 1.09. The Bertz CT molecular complexity index is 3550. The predicted octanol–water partition coefficient (Wildman–Crippen LogP) is 16.3. The summed E-state index contributed by atoms with van der Waals surface area (Å²) in [4.78, 5) is 10.8. The molecule has 0 radical (unpaired) electrons. The van der Waals surface area contributed by atoms with Gasteiger partial charge in [0.05, 0.1) is 11.4 Å². The molecule has 2 nitrogen and oxygen atoms in total. The fourth-order valence-electron chi connectivity index (χ4n) is 9.83. The van der Waals surface area contributed by atoms with E-state index in [0.29, 0.717) is 5.82 Å². The molecule has 292 valence electrons. The van der Waals surface area contributed by atoms with E-state index in [9.17, 15) is 0 Å². The highest BCUT2D eigenvalue weighted by Crippen LogP contribution is 2.50. The van der Waals surface area contributed by atoms with Crippen LogP contribution in [-0.2, 0) is 5.41 Å². The number of rotatable bonds is 6. The van der Waals surface area contributed by atoms with E-state index in [4.69, 9.17) is 9.97 Å². The number of benzene rings is 9. The van der Waals surface area contributed by atoms with Crippen molar-refractivity contribution < 1.29 is 0 Å². The van der Waals surface area contributed by atoms with Crippen molar-refractivity contribution in [3.05, 3.63) is 217 Å². The molecule has 0 atom stereocenters. The number of hydrogen-bond acceptors (Lipinski definition) is 3. The summed E-state index contributed by atoms with van der Waals surface area (Å²) >= 11 is 1.87. The van der Waals surface area contributed by atoms with Gasteiger partial charge in [0.15, 0.2) is 5.82 Å². The van der Waals surface area contributed by atoms with Crippen LogP contribution in [0.15, 0.2) is 206 Å². The maximum Gasteiger partial charge on any atom is 0.160 e. The van der Waals surface area contributed by atoms with Gasteiger partial charge in [0.25, 0.3) is 0 Å². The first kappa shape index (κ1) is 36.4. The third kappa shape index (κ3) is 5.92. The third-order valence-corrected chi connectivity index (χ3v) is 14.1. The minimum absolute atomic E-state index is 0.0575. The van der Waals surface area contributed by atoms with Crippen molar-refractivity contribution in [3.8, 4) is 78.4 Å². The van der Waals surface area contributed by atoms with Crippen molar-refractivity contribution >= 4 is 42.3 Å². The summed E-state index contributed by atoms with van der Waals surface area (Å²) in [5.74, 6) is 0.696. The molecule has 0 saturated heterocycles. The third-order valence-electron chi connectivity index (χ3n) is 12.9. The zero-order valence-corrected chi connectivity index (χ0v) is 35.2. The summed E-state index contributed by atoms with van der Waals surface area (Å²) in [5, 5.41) is 5.02. The normalized spacial score (nSPS) is 12.8. The molecule has 9 aromatic carbocycles. The van der Waals surface area contributed by atoms with Gasteiger partial charge in [0.2, 0.25) is 0 Å². The highest BCUT2D eigenvalue weighted by atomic mass is 32.1.